The second-order valence-corrected chi connectivity index (χ2v) is 4.63. The standard InChI is InChI=1S/C11H10Cl2N2O2/c12-7-2-1-6(5-8(7)13)15-10(16)4-3-9(14)11(15)17/h1-2,5,9H,3-4,14H2/t9-/m0/s1. The Kier molecular flexibility index (Phi) is 3.38. The number of halogens is 2. The number of carbonyl (C=O) groups is 2. The monoisotopic (exact) mass is 272 g/mol. The van der Waals surface area contributed by atoms with Crippen molar-refractivity contribution in [2.75, 3.05) is 4.90 Å². The van der Waals surface area contributed by atoms with Crippen molar-refractivity contribution < 1.29 is 9.59 Å². The molecule has 0 unspecified atom stereocenters. The van der Waals surface area contributed by atoms with Crippen LogP contribution >= 0.6 is 23.2 Å². The van der Waals surface area contributed by atoms with E-state index < -0.39 is 11.9 Å². The first-order valence-electron chi connectivity index (χ1n) is 5.08. The summed E-state index contributed by atoms with van der Waals surface area (Å²) >= 11 is 11.6. The van der Waals surface area contributed by atoms with Gasteiger partial charge >= 0.3 is 0 Å². The number of rotatable bonds is 1. The third-order valence-electron chi connectivity index (χ3n) is 2.62. The molecule has 4 nitrogen and oxygen atoms in total. The number of benzene rings is 1. The maximum absolute atomic E-state index is 11.8. The summed E-state index contributed by atoms with van der Waals surface area (Å²) in [5.41, 5.74) is 6.04. The predicted molar refractivity (Wildman–Crippen MR) is 66.2 cm³/mol. The summed E-state index contributed by atoms with van der Waals surface area (Å²) in [6.07, 6.45) is 0.642. The molecule has 1 aliphatic rings. The molecule has 1 atom stereocenters. The number of anilines is 1. The van der Waals surface area contributed by atoms with Gasteiger partial charge in [0.25, 0.3) is 5.91 Å². The van der Waals surface area contributed by atoms with Gasteiger partial charge in [-0.3, -0.25) is 9.59 Å². The molecule has 17 heavy (non-hydrogen) atoms. The lowest BCUT2D eigenvalue weighted by atomic mass is 10.0. The molecule has 2 N–H and O–H groups in total. The highest BCUT2D eigenvalue weighted by atomic mass is 35.5. The van der Waals surface area contributed by atoms with Crippen molar-refractivity contribution in [2.45, 2.75) is 18.9 Å². The van der Waals surface area contributed by atoms with Crippen molar-refractivity contribution in [1.82, 2.24) is 0 Å². The third kappa shape index (κ3) is 2.29. The van der Waals surface area contributed by atoms with Crippen molar-refractivity contribution in [3.8, 4) is 0 Å². The van der Waals surface area contributed by atoms with E-state index in [1.54, 1.807) is 12.1 Å². The third-order valence-corrected chi connectivity index (χ3v) is 3.36. The normalized spacial score (nSPS) is 20.9. The summed E-state index contributed by atoms with van der Waals surface area (Å²) in [6.45, 7) is 0. The molecule has 1 saturated heterocycles. The molecule has 0 radical (unpaired) electrons. The molecular weight excluding hydrogens is 263 g/mol. The minimum absolute atomic E-state index is 0.257. The lowest BCUT2D eigenvalue weighted by Crippen LogP contribution is -2.51. The van der Waals surface area contributed by atoms with Crippen LogP contribution in [0, 0.1) is 0 Å². The molecule has 1 heterocycles. The Morgan fingerprint density at radius 2 is 1.94 bits per heavy atom. The molecule has 1 aromatic carbocycles. The Morgan fingerprint density at radius 1 is 1.24 bits per heavy atom. The average molecular weight is 273 g/mol. The number of amides is 2. The van der Waals surface area contributed by atoms with Gasteiger partial charge in [0, 0.05) is 6.42 Å². The molecular formula is C11H10Cl2N2O2. The second kappa shape index (κ2) is 4.64. The smallest absolute Gasteiger partial charge is 0.250 e. The molecule has 6 heteroatoms. The quantitative estimate of drug-likeness (QED) is 0.796. The van der Waals surface area contributed by atoms with Gasteiger partial charge in [-0.1, -0.05) is 23.2 Å². The van der Waals surface area contributed by atoms with Crippen LogP contribution in [0.15, 0.2) is 18.2 Å². The zero-order valence-corrected chi connectivity index (χ0v) is 10.3. The molecule has 1 aromatic rings. The average Bonchev–Trinajstić information content (AvgIpc) is 2.29. The van der Waals surface area contributed by atoms with E-state index in [-0.39, 0.29) is 12.3 Å². The van der Waals surface area contributed by atoms with Gasteiger partial charge < -0.3 is 5.73 Å². The summed E-state index contributed by atoms with van der Waals surface area (Å²) in [5.74, 6) is -0.672. The number of carbonyl (C=O) groups excluding carboxylic acids is 2. The Balaban J connectivity index is 2.39. The van der Waals surface area contributed by atoms with E-state index in [4.69, 9.17) is 28.9 Å². The van der Waals surface area contributed by atoms with Crippen molar-refractivity contribution in [3.05, 3.63) is 28.2 Å². The van der Waals surface area contributed by atoms with E-state index in [0.29, 0.717) is 22.2 Å². The van der Waals surface area contributed by atoms with Crippen molar-refractivity contribution in [3.63, 3.8) is 0 Å². The van der Waals surface area contributed by atoms with Crippen LogP contribution in [0.1, 0.15) is 12.8 Å². The minimum Gasteiger partial charge on any atom is -0.320 e. The number of piperidine rings is 1. The van der Waals surface area contributed by atoms with Gasteiger partial charge in [-0.25, -0.2) is 4.90 Å². The molecule has 0 spiro atoms. The molecule has 2 amide bonds. The van der Waals surface area contributed by atoms with Gasteiger partial charge in [-0.2, -0.15) is 0 Å². The van der Waals surface area contributed by atoms with Gasteiger partial charge in [0.05, 0.1) is 21.8 Å². The van der Waals surface area contributed by atoms with Crippen LogP contribution in [0.3, 0.4) is 0 Å². The van der Waals surface area contributed by atoms with Crippen LogP contribution in [0.25, 0.3) is 0 Å². The minimum atomic E-state index is -0.637. The van der Waals surface area contributed by atoms with Gasteiger partial charge in [-0.05, 0) is 24.6 Å². The fraction of sp³-hybridized carbons (Fsp3) is 0.273. The first-order chi connectivity index (χ1) is 8.00. The summed E-state index contributed by atoms with van der Waals surface area (Å²) in [5, 5.41) is 0.667. The van der Waals surface area contributed by atoms with Crippen LogP contribution in [0.5, 0.6) is 0 Å². The highest BCUT2D eigenvalue weighted by Crippen LogP contribution is 2.29. The van der Waals surface area contributed by atoms with Crippen molar-refractivity contribution in [1.29, 1.82) is 0 Å². The summed E-state index contributed by atoms with van der Waals surface area (Å²) in [7, 11) is 0. The van der Waals surface area contributed by atoms with Crippen molar-refractivity contribution in [2.24, 2.45) is 5.73 Å². The number of hydrogen-bond donors (Lipinski definition) is 1. The Morgan fingerprint density at radius 3 is 2.59 bits per heavy atom. The van der Waals surface area contributed by atoms with Crippen LogP contribution in [-0.4, -0.2) is 17.9 Å². The molecule has 0 saturated carbocycles. The Hall–Kier alpha value is -1.10. The van der Waals surface area contributed by atoms with Gasteiger partial charge in [0.2, 0.25) is 5.91 Å². The highest BCUT2D eigenvalue weighted by Gasteiger charge is 2.33. The van der Waals surface area contributed by atoms with E-state index in [0.717, 1.165) is 4.90 Å². The molecule has 0 aliphatic carbocycles. The van der Waals surface area contributed by atoms with Gasteiger partial charge in [-0.15, -0.1) is 0 Å². The maximum atomic E-state index is 11.8. The van der Waals surface area contributed by atoms with E-state index in [9.17, 15) is 9.59 Å². The number of nitrogens with two attached hydrogens (primary N) is 1. The second-order valence-electron chi connectivity index (χ2n) is 3.81. The fourth-order valence-electron chi connectivity index (χ4n) is 1.70. The number of imide groups is 1. The van der Waals surface area contributed by atoms with Gasteiger partial charge in [0.15, 0.2) is 0 Å². The zero-order chi connectivity index (χ0) is 12.6. The van der Waals surface area contributed by atoms with E-state index in [2.05, 4.69) is 0 Å². The molecule has 90 valence electrons. The SMILES string of the molecule is N[C@H]1CCC(=O)N(c2ccc(Cl)c(Cl)c2)C1=O. The predicted octanol–water partition coefficient (Wildman–Crippen LogP) is 1.97. The van der Waals surface area contributed by atoms with E-state index >= 15 is 0 Å². The first kappa shape index (κ1) is 12.4. The van der Waals surface area contributed by atoms with Crippen LogP contribution in [0.4, 0.5) is 5.69 Å². The van der Waals surface area contributed by atoms with E-state index in [1.807, 2.05) is 0 Å². The summed E-state index contributed by atoms with van der Waals surface area (Å²) < 4.78 is 0. The van der Waals surface area contributed by atoms with Crippen molar-refractivity contribution >= 4 is 40.7 Å². The summed E-state index contributed by atoms with van der Waals surface area (Å²) in [4.78, 5) is 24.6. The van der Waals surface area contributed by atoms with Gasteiger partial charge in [0.1, 0.15) is 0 Å². The number of hydrogen-bond acceptors (Lipinski definition) is 3. The summed E-state index contributed by atoms with van der Waals surface area (Å²) in [6, 6.07) is 3.96. The number of nitrogens with zero attached hydrogens (tertiary/aromatic N) is 1. The lowest BCUT2D eigenvalue weighted by Gasteiger charge is -2.28. The highest BCUT2D eigenvalue weighted by molar-refractivity contribution is 6.42. The lowest BCUT2D eigenvalue weighted by molar-refractivity contribution is -0.130. The topological polar surface area (TPSA) is 63.4 Å². The van der Waals surface area contributed by atoms with E-state index in [1.165, 1.54) is 6.07 Å². The molecule has 1 aliphatic heterocycles. The van der Waals surface area contributed by atoms with Crippen LogP contribution < -0.4 is 10.6 Å². The molecule has 0 aromatic heterocycles. The largest absolute Gasteiger partial charge is 0.320 e. The molecule has 0 bridgehead atoms. The zero-order valence-electron chi connectivity index (χ0n) is 8.82. The van der Waals surface area contributed by atoms with Crippen LogP contribution in [0.2, 0.25) is 10.0 Å². The Labute approximate surface area is 108 Å². The maximum Gasteiger partial charge on any atom is 0.250 e. The Bertz CT molecular complexity index is 490. The fourth-order valence-corrected chi connectivity index (χ4v) is 1.99. The molecule has 1 fully saturated rings. The van der Waals surface area contributed by atoms with Crippen LogP contribution in [-0.2, 0) is 9.59 Å². The molecule has 2 rings (SSSR count). The first-order valence-corrected chi connectivity index (χ1v) is 5.83.